The summed E-state index contributed by atoms with van der Waals surface area (Å²) < 4.78 is 0. The zero-order chi connectivity index (χ0) is 10.3. The van der Waals surface area contributed by atoms with Crippen LogP contribution in [0.2, 0.25) is 0 Å². The maximum atomic E-state index is 11.3. The molecule has 0 radical (unpaired) electrons. The Morgan fingerprint density at radius 1 is 1.36 bits per heavy atom. The van der Waals surface area contributed by atoms with Gasteiger partial charge in [0.05, 0.1) is 11.3 Å². The van der Waals surface area contributed by atoms with Crippen LogP contribution in [-0.4, -0.2) is 16.4 Å². The quantitative estimate of drug-likeness (QED) is 0.482. The second-order valence-corrected chi connectivity index (χ2v) is 3.33. The normalized spacial score (nSPS) is 13.6. The minimum absolute atomic E-state index is 0.0862. The summed E-state index contributed by atoms with van der Waals surface area (Å²) in [6.07, 6.45) is 0. The average molecular weight is 187 g/mol. The first kappa shape index (κ1) is 8.66. The van der Waals surface area contributed by atoms with E-state index in [0.29, 0.717) is 5.56 Å². The number of amides is 1. The number of hydrogen-bond donors (Lipinski definition) is 1. The molecule has 1 aromatic rings. The molecule has 0 fully saturated rings. The van der Waals surface area contributed by atoms with E-state index in [9.17, 15) is 4.79 Å². The fourth-order valence-corrected chi connectivity index (χ4v) is 1.57. The smallest absolute Gasteiger partial charge is 0.361 e. The average Bonchev–Trinajstić information content (AvgIpc) is 2.49. The van der Waals surface area contributed by atoms with E-state index in [-0.39, 0.29) is 11.6 Å². The Bertz CT molecular complexity index is 484. The second-order valence-electron chi connectivity index (χ2n) is 3.33. The van der Waals surface area contributed by atoms with Crippen molar-refractivity contribution in [2.45, 2.75) is 13.8 Å². The first-order chi connectivity index (χ1) is 6.65. The first-order valence-electron chi connectivity index (χ1n) is 4.29. The van der Waals surface area contributed by atoms with Crippen molar-refractivity contribution in [3.63, 3.8) is 0 Å². The van der Waals surface area contributed by atoms with Crippen LogP contribution in [0.5, 0.6) is 0 Å². The minimum atomic E-state index is -0.351. The van der Waals surface area contributed by atoms with E-state index < -0.39 is 0 Å². The molecule has 2 rings (SSSR count). The number of aryl methyl sites for hydroxylation is 1. The molecular weight excluding hydrogens is 178 g/mol. The number of fused-ring (bicyclic) bond motifs is 1. The van der Waals surface area contributed by atoms with E-state index in [4.69, 9.17) is 5.53 Å². The number of rotatable bonds is 0. The van der Waals surface area contributed by atoms with Crippen molar-refractivity contribution in [3.05, 3.63) is 34.4 Å². The molecule has 14 heavy (non-hydrogen) atoms. The van der Waals surface area contributed by atoms with Crippen LogP contribution in [0, 0.1) is 13.8 Å². The molecule has 1 heterocycles. The number of nitrogens with zero attached hydrogens (tertiary/aromatic N) is 2. The topological polar surface area (TPSA) is 65.5 Å². The summed E-state index contributed by atoms with van der Waals surface area (Å²) in [5, 5.41) is 2.68. The molecule has 1 aromatic carbocycles. The Balaban J connectivity index is 2.76. The van der Waals surface area contributed by atoms with Gasteiger partial charge in [-0.1, -0.05) is 6.07 Å². The van der Waals surface area contributed by atoms with Crippen LogP contribution in [0.25, 0.3) is 5.53 Å². The lowest BCUT2D eigenvalue weighted by molar-refractivity contribution is -0.114. The number of carbonyl (C=O) groups excluding carboxylic acids is 1. The third-order valence-corrected chi connectivity index (χ3v) is 2.54. The molecule has 1 aliphatic heterocycles. The third kappa shape index (κ3) is 0.980. The number of carbonyl (C=O) groups is 1. The monoisotopic (exact) mass is 187 g/mol. The molecule has 0 aliphatic carbocycles. The van der Waals surface area contributed by atoms with E-state index in [0.717, 1.165) is 16.8 Å². The lowest BCUT2D eigenvalue weighted by atomic mass is 10.0. The van der Waals surface area contributed by atoms with Gasteiger partial charge >= 0.3 is 11.6 Å². The van der Waals surface area contributed by atoms with Gasteiger partial charge in [-0.2, -0.15) is 4.79 Å². The number of hydrogen-bond acceptors (Lipinski definition) is 1. The maximum Gasteiger partial charge on any atom is 0.388 e. The molecule has 0 spiro atoms. The van der Waals surface area contributed by atoms with Gasteiger partial charge in [0.15, 0.2) is 0 Å². The Hall–Kier alpha value is -1.93. The molecule has 70 valence electrons. The fraction of sp³-hybridized carbons (Fsp3) is 0.200. The highest BCUT2D eigenvalue weighted by atomic mass is 16.2. The molecule has 0 atom stereocenters. The molecule has 1 aliphatic rings. The molecule has 0 bridgehead atoms. The zero-order valence-electron chi connectivity index (χ0n) is 7.96. The lowest BCUT2D eigenvalue weighted by Gasteiger charge is -2.03. The van der Waals surface area contributed by atoms with Crippen molar-refractivity contribution in [2.75, 3.05) is 5.32 Å². The van der Waals surface area contributed by atoms with Gasteiger partial charge < -0.3 is 10.8 Å². The molecule has 0 unspecified atom stereocenters. The highest BCUT2D eigenvalue weighted by Crippen LogP contribution is 2.28. The number of benzene rings is 1. The summed E-state index contributed by atoms with van der Waals surface area (Å²) in [4.78, 5) is 14.3. The van der Waals surface area contributed by atoms with Gasteiger partial charge in [0, 0.05) is 0 Å². The third-order valence-electron chi connectivity index (χ3n) is 2.54. The predicted octanol–water partition coefficient (Wildman–Crippen LogP) is 1.27. The minimum Gasteiger partial charge on any atom is -0.361 e. The summed E-state index contributed by atoms with van der Waals surface area (Å²) in [7, 11) is 0. The van der Waals surface area contributed by atoms with Crippen molar-refractivity contribution < 1.29 is 9.58 Å². The highest BCUT2D eigenvalue weighted by molar-refractivity contribution is 6.52. The van der Waals surface area contributed by atoms with Crippen molar-refractivity contribution in [1.82, 2.24) is 0 Å². The van der Waals surface area contributed by atoms with Crippen molar-refractivity contribution in [2.24, 2.45) is 0 Å². The van der Waals surface area contributed by atoms with Gasteiger partial charge in [0.25, 0.3) is 0 Å². The van der Waals surface area contributed by atoms with E-state index >= 15 is 0 Å². The van der Waals surface area contributed by atoms with Crippen molar-refractivity contribution in [1.29, 1.82) is 0 Å². The summed E-state index contributed by atoms with van der Waals surface area (Å²) in [5.41, 5.74) is 12.3. The summed E-state index contributed by atoms with van der Waals surface area (Å²) in [6, 6.07) is 3.68. The lowest BCUT2D eigenvalue weighted by Crippen LogP contribution is -2.14. The van der Waals surface area contributed by atoms with Gasteiger partial charge in [0.2, 0.25) is 0 Å². The Labute approximate surface area is 81.2 Å². The molecule has 0 saturated heterocycles. The molecule has 0 saturated carbocycles. The number of anilines is 1. The van der Waals surface area contributed by atoms with Crippen LogP contribution >= 0.6 is 0 Å². The van der Waals surface area contributed by atoms with Crippen LogP contribution in [0.15, 0.2) is 12.1 Å². The molecular formula is C10H9N3O. The van der Waals surface area contributed by atoms with Gasteiger partial charge in [-0.15, -0.1) is 0 Å². The van der Waals surface area contributed by atoms with Crippen molar-refractivity contribution >= 4 is 17.3 Å². The van der Waals surface area contributed by atoms with Gasteiger partial charge in [-0.3, -0.25) is 4.79 Å². The van der Waals surface area contributed by atoms with Crippen molar-refractivity contribution in [3.8, 4) is 0 Å². The molecule has 1 N–H and O–H groups in total. The Morgan fingerprint density at radius 3 is 2.71 bits per heavy atom. The van der Waals surface area contributed by atoms with E-state index in [1.54, 1.807) is 6.07 Å². The van der Waals surface area contributed by atoms with Crippen LogP contribution in [0.4, 0.5) is 5.69 Å². The van der Waals surface area contributed by atoms with Crippen LogP contribution in [0.3, 0.4) is 0 Å². The Kier molecular flexibility index (Phi) is 1.72. The van der Waals surface area contributed by atoms with Gasteiger partial charge in [-0.25, -0.2) is 0 Å². The summed E-state index contributed by atoms with van der Waals surface area (Å²) in [6.45, 7) is 3.89. The molecule has 4 nitrogen and oxygen atoms in total. The second kappa shape index (κ2) is 2.79. The predicted molar refractivity (Wildman–Crippen MR) is 52.3 cm³/mol. The maximum absolute atomic E-state index is 11.3. The largest absolute Gasteiger partial charge is 0.388 e. The van der Waals surface area contributed by atoms with E-state index in [2.05, 4.69) is 10.1 Å². The SMILES string of the molecule is Cc1ccc2c(c1C)NC(=O)C2=[N+]=[N-]. The van der Waals surface area contributed by atoms with E-state index in [1.807, 2.05) is 19.9 Å². The number of nitrogens with one attached hydrogen (secondary N) is 1. The Morgan fingerprint density at radius 2 is 2.07 bits per heavy atom. The van der Waals surface area contributed by atoms with E-state index in [1.165, 1.54) is 0 Å². The summed E-state index contributed by atoms with van der Waals surface area (Å²) >= 11 is 0. The van der Waals surface area contributed by atoms with Crippen LogP contribution in [-0.2, 0) is 4.79 Å². The zero-order valence-corrected chi connectivity index (χ0v) is 7.96. The van der Waals surface area contributed by atoms with Gasteiger partial charge in [-0.05, 0) is 31.0 Å². The standard InChI is InChI=1S/C10H9N3O/c1-5-3-4-7-8(6(5)2)12-10(14)9(7)13-11/h3-4H,1-2H3,(H,12,14). The first-order valence-corrected chi connectivity index (χ1v) is 4.29. The van der Waals surface area contributed by atoms with Gasteiger partial charge in [0.1, 0.15) is 0 Å². The fourth-order valence-electron chi connectivity index (χ4n) is 1.57. The molecule has 1 amide bonds. The highest BCUT2D eigenvalue weighted by Gasteiger charge is 2.34. The molecule has 4 heteroatoms. The summed E-state index contributed by atoms with van der Waals surface area (Å²) in [5.74, 6) is -0.351. The van der Waals surface area contributed by atoms with Crippen LogP contribution in [0.1, 0.15) is 16.7 Å². The molecule has 0 aromatic heterocycles. The van der Waals surface area contributed by atoms with Crippen LogP contribution < -0.4 is 5.32 Å².